The van der Waals surface area contributed by atoms with Gasteiger partial charge in [-0.05, 0) is 41.3 Å². The third-order valence-corrected chi connectivity index (χ3v) is 3.81. The normalized spacial score (nSPS) is 12.5. The highest BCUT2D eigenvalue weighted by Gasteiger charge is 2.13. The van der Waals surface area contributed by atoms with E-state index in [0.29, 0.717) is 11.4 Å². The van der Waals surface area contributed by atoms with Crippen molar-refractivity contribution < 1.29 is 19.7 Å². The number of nitrogens with one attached hydrogen (secondary N) is 1. The van der Waals surface area contributed by atoms with Crippen LogP contribution in [-0.2, 0) is 5.41 Å². The Morgan fingerprint density at radius 3 is 2.44 bits per heavy atom. The van der Waals surface area contributed by atoms with Crippen molar-refractivity contribution in [3.63, 3.8) is 0 Å². The van der Waals surface area contributed by atoms with Gasteiger partial charge in [0.15, 0.2) is 0 Å². The lowest BCUT2D eigenvalue weighted by Crippen LogP contribution is -2.26. The van der Waals surface area contributed by atoms with E-state index in [1.165, 1.54) is 17.7 Å². The molecule has 2 aromatic carbocycles. The second-order valence-electron chi connectivity index (χ2n) is 7.01. The molecule has 25 heavy (non-hydrogen) atoms. The van der Waals surface area contributed by atoms with Crippen LogP contribution in [-0.4, -0.2) is 35.4 Å². The van der Waals surface area contributed by atoms with Crippen molar-refractivity contribution in [2.24, 2.45) is 0 Å². The zero-order valence-corrected chi connectivity index (χ0v) is 14.8. The third-order valence-electron chi connectivity index (χ3n) is 3.81. The Bertz CT molecular complexity index is 704. The van der Waals surface area contributed by atoms with Crippen LogP contribution >= 0.6 is 0 Å². The molecule has 0 saturated carbocycles. The van der Waals surface area contributed by atoms with Gasteiger partial charge in [-0.25, -0.2) is 4.79 Å². The molecule has 1 atom stereocenters. The molecule has 0 saturated heterocycles. The number of carbonyl (C=O) groups is 1. The van der Waals surface area contributed by atoms with Crippen molar-refractivity contribution >= 4 is 11.7 Å². The van der Waals surface area contributed by atoms with Gasteiger partial charge in [-0.15, -0.1) is 0 Å². The van der Waals surface area contributed by atoms with E-state index in [9.17, 15) is 9.90 Å². The van der Waals surface area contributed by atoms with Crippen LogP contribution in [0.4, 0.5) is 5.69 Å². The van der Waals surface area contributed by atoms with Gasteiger partial charge in [0.1, 0.15) is 18.5 Å². The van der Waals surface area contributed by atoms with Crippen LogP contribution in [0.2, 0.25) is 0 Å². The summed E-state index contributed by atoms with van der Waals surface area (Å²) in [6.45, 7) is 6.87. The molecule has 0 aliphatic heterocycles. The first-order chi connectivity index (χ1) is 11.8. The number of ether oxygens (including phenoxy) is 1. The van der Waals surface area contributed by atoms with Crippen molar-refractivity contribution in [2.75, 3.05) is 18.5 Å². The minimum absolute atomic E-state index is 0.0897. The average molecular weight is 343 g/mol. The molecule has 0 spiro atoms. The molecule has 0 fully saturated rings. The van der Waals surface area contributed by atoms with Crippen LogP contribution in [0.5, 0.6) is 5.75 Å². The van der Waals surface area contributed by atoms with Gasteiger partial charge in [0.2, 0.25) is 0 Å². The second kappa shape index (κ2) is 8.03. The number of aliphatic hydroxyl groups is 1. The minimum atomic E-state index is -0.980. The van der Waals surface area contributed by atoms with E-state index in [1.807, 2.05) is 24.3 Å². The van der Waals surface area contributed by atoms with E-state index in [2.05, 4.69) is 26.1 Å². The van der Waals surface area contributed by atoms with Gasteiger partial charge in [-0.1, -0.05) is 39.0 Å². The number of anilines is 1. The molecule has 1 unspecified atom stereocenters. The van der Waals surface area contributed by atoms with Crippen LogP contribution < -0.4 is 10.1 Å². The maximum atomic E-state index is 10.9. The highest BCUT2D eigenvalue weighted by molar-refractivity contribution is 5.88. The Hall–Kier alpha value is -2.53. The monoisotopic (exact) mass is 343 g/mol. The summed E-state index contributed by atoms with van der Waals surface area (Å²) >= 11 is 0. The molecular formula is C20H25NO4. The molecule has 5 heteroatoms. The fourth-order valence-electron chi connectivity index (χ4n) is 2.30. The van der Waals surface area contributed by atoms with Gasteiger partial charge >= 0.3 is 5.97 Å². The fraction of sp³-hybridized carbons (Fsp3) is 0.350. The summed E-state index contributed by atoms with van der Waals surface area (Å²) in [7, 11) is 0. The molecule has 0 radical (unpaired) electrons. The lowest BCUT2D eigenvalue weighted by atomic mass is 9.87. The Labute approximate surface area is 148 Å². The van der Waals surface area contributed by atoms with E-state index in [1.54, 1.807) is 12.1 Å². The number of carboxylic acid groups (broad SMARTS) is 1. The van der Waals surface area contributed by atoms with E-state index in [4.69, 9.17) is 9.84 Å². The highest BCUT2D eigenvalue weighted by atomic mass is 16.5. The molecule has 0 bridgehead atoms. The van der Waals surface area contributed by atoms with Crippen LogP contribution in [0.1, 0.15) is 36.7 Å². The highest BCUT2D eigenvalue weighted by Crippen LogP contribution is 2.24. The van der Waals surface area contributed by atoms with Gasteiger partial charge < -0.3 is 20.3 Å². The number of aromatic carboxylic acids is 1. The van der Waals surface area contributed by atoms with Gasteiger partial charge in [0.25, 0.3) is 0 Å². The molecule has 2 aromatic rings. The maximum Gasteiger partial charge on any atom is 0.335 e. The van der Waals surface area contributed by atoms with Crippen molar-refractivity contribution in [3.8, 4) is 5.75 Å². The number of hydrogen-bond donors (Lipinski definition) is 3. The van der Waals surface area contributed by atoms with Gasteiger partial charge in [0, 0.05) is 12.2 Å². The third kappa shape index (κ3) is 5.80. The van der Waals surface area contributed by atoms with Crippen molar-refractivity contribution in [1.29, 1.82) is 0 Å². The summed E-state index contributed by atoms with van der Waals surface area (Å²) in [4.78, 5) is 10.9. The predicted octanol–water partition coefficient (Wildman–Crippen LogP) is 3.53. The fourth-order valence-corrected chi connectivity index (χ4v) is 2.30. The van der Waals surface area contributed by atoms with Gasteiger partial charge in [0.05, 0.1) is 5.56 Å². The van der Waals surface area contributed by atoms with Gasteiger partial charge in [-0.3, -0.25) is 0 Å². The number of benzene rings is 2. The number of hydrogen-bond acceptors (Lipinski definition) is 4. The molecule has 134 valence electrons. The Balaban J connectivity index is 1.82. The van der Waals surface area contributed by atoms with E-state index in [-0.39, 0.29) is 24.1 Å². The Kier molecular flexibility index (Phi) is 6.04. The number of rotatable bonds is 7. The molecule has 0 aliphatic rings. The first-order valence-electron chi connectivity index (χ1n) is 8.24. The molecule has 0 amide bonds. The van der Waals surface area contributed by atoms with Crippen LogP contribution in [0.3, 0.4) is 0 Å². The molecule has 5 nitrogen and oxygen atoms in total. The summed E-state index contributed by atoms with van der Waals surface area (Å²) in [5.41, 5.74) is 2.16. The number of carboxylic acids is 1. The summed E-state index contributed by atoms with van der Waals surface area (Å²) in [5.74, 6) is -0.272. The first-order valence-corrected chi connectivity index (χ1v) is 8.24. The second-order valence-corrected chi connectivity index (χ2v) is 7.01. The smallest absolute Gasteiger partial charge is 0.335 e. The molecule has 0 aromatic heterocycles. The van der Waals surface area contributed by atoms with Crippen LogP contribution in [0, 0.1) is 0 Å². The topological polar surface area (TPSA) is 78.8 Å². The SMILES string of the molecule is CC(C)(C)c1ccc(OCC(O)CNc2cccc(C(=O)O)c2)cc1. The first kappa shape index (κ1) is 18.8. The average Bonchev–Trinajstić information content (AvgIpc) is 2.58. The lowest BCUT2D eigenvalue weighted by molar-refractivity contribution is 0.0697. The summed E-state index contributed by atoms with van der Waals surface area (Å²) in [6, 6.07) is 14.3. The van der Waals surface area contributed by atoms with Crippen LogP contribution in [0.25, 0.3) is 0 Å². The summed E-state index contributed by atoms with van der Waals surface area (Å²) < 4.78 is 5.60. The van der Waals surface area contributed by atoms with Crippen LogP contribution in [0.15, 0.2) is 48.5 Å². The van der Waals surface area contributed by atoms with Gasteiger partial charge in [-0.2, -0.15) is 0 Å². The molecule has 0 aliphatic carbocycles. The Morgan fingerprint density at radius 1 is 1.16 bits per heavy atom. The van der Waals surface area contributed by atoms with Crippen molar-refractivity contribution in [2.45, 2.75) is 32.3 Å². The van der Waals surface area contributed by atoms with E-state index >= 15 is 0 Å². The van der Waals surface area contributed by atoms with Crippen molar-refractivity contribution in [1.82, 2.24) is 0 Å². The summed E-state index contributed by atoms with van der Waals surface area (Å²) in [5, 5.41) is 22.0. The standard InChI is InChI=1S/C20H25NO4/c1-20(2,3)15-7-9-18(10-8-15)25-13-17(22)12-21-16-6-4-5-14(11-16)19(23)24/h4-11,17,21-22H,12-13H2,1-3H3,(H,23,24). The molecular weight excluding hydrogens is 318 g/mol. The minimum Gasteiger partial charge on any atom is -0.491 e. The number of aliphatic hydroxyl groups excluding tert-OH is 1. The zero-order valence-electron chi connectivity index (χ0n) is 14.8. The van der Waals surface area contributed by atoms with E-state index < -0.39 is 12.1 Å². The Morgan fingerprint density at radius 2 is 1.84 bits per heavy atom. The largest absolute Gasteiger partial charge is 0.491 e. The molecule has 0 heterocycles. The van der Waals surface area contributed by atoms with E-state index in [0.717, 1.165) is 0 Å². The zero-order chi connectivity index (χ0) is 18.4. The predicted molar refractivity (Wildman–Crippen MR) is 98.5 cm³/mol. The molecule has 3 N–H and O–H groups in total. The maximum absolute atomic E-state index is 10.9. The summed E-state index contributed by atoms with van der Waals surface area (Å²) in [6.07, 6.45) is -0.712. The van der Waals surface area contributed by atoms with Crippen molar-refractivity contribution in [3.05, 3.63) is 59.7 Å². The quantitative estimate of drug-likeness (QED) is 0.717. The molecule has 2 rings (SSSR count). The lowest BCUT2D eigenvalue weighted by Gasteiger charge is -2.19.